The van der Waals surface area contributed by atoms with Crippen LogP contribution in [0.2, 0.25) is 20.1 Å². The zero-order valence-electron chi connectivity index (χ0n) is 41.2. The van der Waals surface area contributed by atoms with Gasteiger partial charge in [-0.05, 0) is 147 Å². The number of hydrogen-bond acceptors (Lipinski definition) is 12. The monoisotopic (exact) mass is 1140 g/mol. The van der Waals surface area contributed by atoms with Crippen LogP contribution in [0.3, 0.4) is 0 Å². The second-order valence-corrected chi connectivity index (χ2v) is 22.8. The number of rotatable bonds is 31. The van der Waals surface area contributed by atoms with Gasteiger partial charge in [-0.25, -0.2) is 35.9 Å². The molecule has 0 unspecified atom stereocenters. The highest BCUT2D eigenvalue weighted by molar-refractivity contribution is 7.89. The predicted octanol–water partition coefficient (Wildman–Crippen LogP) is 7.91. The molecule has 6 rings (SSSR count). The predicted molar refractivity (Wildman–Crippen MR) is 284 cm³/mol. The lowest BCUT2D eigenvalue weighted by Gasteiger charge is -2.17. The van der Waals surface area contributed by atoms with E-state index in [2.05, 4.69) is 30.7 Å². The third kappa shape index (κ3) is 18.8. The van der Waals surface area contributed by atoms with Crippen LogP contribution in [0.4, 0.5) is 9.59 Å². The minimum Gasteiger partial charge on any atom is -0.486 e. The number of unbranched alkanes of at least 4 members (excludes halogenated alkanes) is 1. The van der Waals surface area contributed by atoms with Gasteiger partial charge in [0.1, 0.15) is 23.7 Å². The van der Waals surface area contributed by atoms with E-state index in [9.17, 15) is 26.4 Å². The SMILES string of the molecule is C[C@H](COCCOCCNC(=O)NCCCCNC(=O)NCCOCCOC[C@@H](C)NS(=O)(=O)c1ccc(O[C@@H]2CCc3c(Cl)cc(Cl)cc32)cc1)NS(=O)(=O)c1ccc(O[C@@H]2CCc3c(Cl)cc(Cl)cc32)cc1. The molecule has 406 valence electrons. The minimum absolute atomic E-state index is 0.0984. The van der Waals surface area contributed by atoms with Crippen LogP contribution in [0.15, 0.2) is 82.6 Å². The summed E-state index contributed by atoms with van der Waals surface area (Å²) in [4.78, 5) is 24.4. The Morgan fingerprint density at radius 1 is 0.527 bits per heavy atom. The molecule has 4 aromatic carbocycles. The fourth-order valence-corrected chi connectivity index (χ4v) is 11.8. The lowest BCUT2D eigenvalue weighted by molar-refractivity contribution is 0.0443. The Kier molecular flexibility index (Phi) is 23.5. The Morgan fingerprint density at radius 3 is 1.28 bits per heavy atom. The van der Waals surface area contributed by atoms with Crippen molar-refractivity contribution in [2.75, 3.05) is 79.0 Å². The molecule has 0 saturated carbocycles. The van der Waals surface area contributed by atoms with Crippen LogP contribution in [-0.2, 0) is 51.8 Å². The van der Waals surface area contributed by atoms with Gasteiger partial charge >= 0.3 is 12.1 Å². The number of carbonyl (C=O) groups excluding carboxylic acids is 2. The zero-order valence-corrected chi connectivity index (χ0v) is 45.8. The zero-order chi connectivity index (χ0) is 53.1. The van der Waals surface area contributed by atoms with Crippen molar-refractivity contribution in [1.29, 1.82) is 0 Å². The first-order chi connectivity index (χ1) is 35.5. The number of amides is 4. The Bertz CT molecular complexity index is 2510. The number of carbonyl (C=O) groups is 2. The molecule has 0 aromatic heterocycles. The number of ether oxygens (including phenoxy) is 6. The van der Waals surface area contributed by atoms with Crippen molar-refractivity contribution < 1.29 is 54.8 Å². The molecule has 4 aromatic rings. The van der Waals surface area contributed by atoms with Crippen molar-refractivity contribution in [1.82, 2.24) is 30.7 Å². The van der Waals surface area contributed by atoms with Crippen LogP contribution < -0.4 is 40.2 Å². The number of fused-ring (bicyclic) bond motifs is 2. The van der Waals surface area contributed by atoms with Crippen molar-refractivity contribution >= 4 is 78.5 Å². The standard InChI is InChI=1S/C50H64Cl4N6O12S2/c1-33(59-73(63,64)39-9-5-37(6-10-39)71-47-15-13-41-43(47)27-35(51)29-45(41)53)31-69-25-23-67-21-19-57-49(61)55-17-3-4-18-56-50(62)58-20-22-68-24-26-70-32-34(2)60-74(65,66)40-11-7-38(8-12-40)72-48-16-14-42-44(48)28-36(52)30-46(42)54/h5-12,27-30,33-34,47-48,59-60H,3-4,13-26,31-32H2,1-2H3,(H2,55,57,61)(H2,56,58,62)/t33-,34-,47-,48-/m1/s1. The third-order valence-corrected chi connectivity index (χ3v) is 16.0. The molecule has 0 heterocycles. The first kappa shape index (κ1) is 59.1. The summed E-state index contributed by atoms with van der Waals surface area (Å²) in [6, 6.07) is 17.9. The topological polar surface area (TPSA) is 230 Å². The smallest absolute Gasteiger partial charge is 0.314 e. The van der Waals surface area contributed by atoms with Gasteiger partial charge in [-0.15, -0.1) is 0 Å². The van der Waals surface area contributed by atoms with Crippen molar-refractivity contribution in [3.8, 4) is 11.5 Å². The van der Waals surface area contributed by atoms with E-state index in [0.29, 0.717) is 57.5 Å². The summed E-state index contributed by atoms with van der Waals surface area (Å²) in [7, 11) is -7.61. The highest BCUT2D eigenvalue weighted by atomic mass is 35.5. The van der Waals surface area contributed by atoms with Crippen molar-refractivity contribution in [2.45, 2.75) is 86.5 Å². The maximum Gasteiger partial charge on any atom is 0.314 e. The Balaban J connectivity index is 0.691. The third-order valence-electron chi connectivity index (χ3n) is 11.7. The summed E-state index contributed by atoms with van der Waals surface area (Å²) >= 11 is 25.1. The molecule has 2 aliphatic rings. The quantitative estimate of drug-likeness (QED) is 0.0264. The van der Waals surface area contributed by atoms with Crippen LogP contribution >= 0.6 is 46.4 Å². The van der Waals surface area contributed by atoms with E-state index in [-0.39, 0.29) is 100 Å². The molecular weight excluding hydrogens is 1080 g/mol. The maximum atomic E-state index is 13.0. The molecule has 2 aliphatic carbocycles. The average molecular weight is 1150 g/mol. The van der Waals surface area contributed by atoms with Gasteiger partial charge < -0.3 is 49.7 Å². The fraction of sp³-hybridized carbons (Fsp3) is 0.480. The molecule has 4 amide bonds. The van der Waals surface area contributed by atoms with Crippen LogP contribution in [0.1, 0.15) is 74.0 Å². The van der Waals surface area contributed by atoms with Gasteiger partial charge in [0.05, 0.1) is 62.6 Å². The normalized spacial score (nSPS) is 16.0. The van der Waals surface area contributed by atoms with E-state index in [4.69, 9.17) is 74.8 Å². The summed E-state index contributed by atoms with van der Waals surface area (Å²) in [6.45, 7) is 6.57. The first-order valence-corrected chi connectivity index (χ1v) is 28.8. The van der Waals surface area contributed by atoms with Gasteiger partial charge in [0, 0.05) is 58.4 Å². The van der Waals surface area contributed by atoms with Crippen molar-refractivity contribution in [3.63, 3.8) is 0 Å². The molecule has 4 atom stereocenters. The van der Waals surface area contributed by atoms with Crippen LogP contribution in [0.5, 0.6) is 11.5 Å². The van der Waals surface area contributed by atoms with E-state index in [1.807, 2.05) is 12.1 Å². The van der Waals surface area contributed by atoms with Crippen LogP contribution in [-0.4, -0.2) is 120 Å². The summed E-state index contributed by atoms with van der Waals surface area (Å²) in [6.07, 6.45) is 3.88. The van der Waals surface area contributed by atoms with Gasteiger partial charge in [-0.2, -0.15) is 0 Å². The maximum absolute atomic E-state index is 13.0. The lowest BCUT2D eigenvalue weighted by Crippen LogP contribution is -2.39. The summed E-state index contributed by atoms with van der Waals surface area (Å²) < 4.78 is 91.5. The molecule has 6 N–H and O–H groups in total. The number of nitrogens with one attached hydrogen (secondary N) is 6. The highest BCUT2D eigenvalue weighted by Crippen LogP contribution is 2.42. The summed E-state index contributed by atoms with van der Waals surface area (Å²) in [5.74, 6) is 1.07. The van der Waals surface area contributed by atoms with Crippen LogP contribution in [0.25, 0.3) is 0 Å². The van der Waals surface area contributed by atoms with Gasteiger partial charge in [0.25, 0.3) is 0 Å². The van der Waals surface area contributed by atoms with E-state index < -0.39 is 32.1 Å². The van der Waals surface area contributed by atoms with Crippen LogP contribution in [0, 0.1) is 0 Å². The lowest BCUT2D eigenvalue weighted by atomic mass is 10.1. The number of hydrogen-bond donors (Lipinski definition) is 6. The summed E-state index contributed by atoms with van der Waals surface area (Å²) in [5.41, 5.74) is 3.92. The van der Waals surface area contributed by atoms with Crippen molar-refractivity contribution in [3.05, 3.63) is 115 Å². The molecule has 0 fully saturated rings. The van der Waals surface area contributed by atoms with E-state index in [1.54, 1.807) is 50.2 Å². The Labute approximate surface area is 453 Å². The van der Waals surface area contributed by atoms with Gasteiger partial charge in [0.15, 0.2) is 0 Å². The Hall–Kier alpha value is -4.16. The minimum atomic E-state index is -3.80. The fourth-order valence-electron chi connectivity index (χ4n) is 8.12. The van der Waals surface area contributed by atoms with Gasteiger partial charge in [-0.3, -0.25) is 0 Å². The van der Waals surface area contributed by atoms with E-state index in [0.717, 1.165) is 47.9 Å². The summed E-state index contributed by atoms with van der Waals surface area (Å²) in [5, 5.41) is 13.2. The molecule has 18 nitrogen and oxygen atoms in total. The number of urea groups is 2. The highest BCUT2D eigenvalue weighted by Gasteiger charge is 2.29. The molecular formula is C50H64Cl4N6O12S2. The Morgan fingerprint density at radius 2 is 0.892 bits per heavy atom. The number of halogens is 4. The van der Waals surface area contributed by atoms with Gasteiger partial charge in [-0.1, -0.05) is 46.4 Å². The second kappa shape index (κ2) is 29.4. The molecule has 0 bridgehead atoms. The number of sulfonamides is 2. The van der Waals surface area contributed by atoms with E-state index >= 15 is 0 Å². The van der Waals surface area contributed by atoms with Gasteiger partial charge in [0.2, 0.25) is 20.0 Å². The average Bonchev–Trinajstić information content (AvgIpc) is 3.95. The molecule has 0 saturated heterocycles. The molecule has 0 radical (unpaired) electrons. The van der Waals surface area contributed by atoms with Crippen molar-refractivity contribution in [2.24, 2.45) is 0 Å². The number of benzene rings is 4. The largest absolute Gasteiger partial charge is 0.486 e. The van der Waals surface area contributed by atoms with E-state index in [1.165, 1.54) is 24.3 Å². The molecule has 0 spiro atoms. The second-order valence-electron chi connectivity index (χ2n) is 17.6. The first-order valence-electron chi connectivity index (χ1n) is 24.4. The molecule has 24 heteroatoms. The molecule has 74 heavy (non-hydrogen) atoms. The molecule has 0 aliphatic heterocycles.